The van der Waals surface area contributed by atoms with Crippen LogP contribution in [0.4, 0.5) is 19.0 Å². The van der Waals surface area contributed by atoms with Crippen LogP contribution < -0.4 is 10.5 Å². The fraction of sp³-hybridized carbons (Fsp3) is 0.214. The fourth-order valence-electron chi connectivity index (χ4n) is 1.66. The number of nitrogens with two attached hydrogens (primary N) is 1. The van der Waals surface area contributed by atoms with E-state index in [1.807, 2.05) is 19.1 Å². The third-order valence-corrected chi connectivity index (χ3v) is 2.70. The van der Waals surface area contributed by atoms with Crippen LogP contribution in [-0.4, -0.2) is 4.98 Å². The van der Waals surface area contributed by atoms with Gasteiger partial charge in [-0.25, -0.2) is 0 Å². The number of halogens is 3. The summed E-state index contributed by atoms with van der Waals surface area (Å²) in [5.74, 6) is -0.00463. The van der Waals surface area contributed by atoms with Gasteiger partial charge in [0.25, 0.3) is 0 Å². The van der Waals surface area contributed by atoms with E-state index in [9.17, 15) is 13.2 Å². The van der Waals surface area contributed by atoms with Crippen molar-refractivity contribution < 1.29 is 17.9 Å². The van der Waals surface area contributed by atoms with Crippen LogP contribution in [0.25, 0.3) is 0 Å². The molecule has 0 bridgehead atoms. The molecule has 0 fully saturated rings. The van der Waals surface area contributed by atoms with Gasteiger partial charge in [0.05, 0.1) is 5.56 Å². The lowest BCUT2D eigenvalue weighted by atomic mass is 10.2. The maximum absolute atomic E-state index is 12.6. The number of nitrogens with zero attached hydrogens (tertiary/aromatic N) is 1. The SMILES string of the molecule is CCc1ccc(Oc2cc(C(F)(F)F)cc(N)n2)cc1. The van der Waals surface area contributed by atoms with Gasteiger partial charge in [0.15, 0.2) is 0 Å². The Labute approximate surface area is 114 Å². The van der Waals surface area contributed by atoms with E-state index in [-0.39, 0.29) is 11.7 Å². The molecule has 3 nitrogen and oxygen atoms in total. The van der Waals surface area contributed by atoms with Crippen molar-refractivity contribution in [3.8, 4) is 11.6 Å². The van der Waals surface area contributed by atoms with Gasteiger partial charge in [-0.15, -0.1) is 0 Å². The van der Waals surface area contributed by atoms with Crippen molar-refractivity contribution in [3.05, 3.63) is 47.5 Å². The highest BCUT2D eigenvalue weighted by Gasteiger charge is 2.31. The second-order valence-electron chi connectivity index (χ2n) is 4.22. The van der Waals surface area contributed by atoms with Crippen molar-refractivity contribution in [1.29, 1.82) is 0 Å². The molecule has 20 heavy (non-hydrogen) atoms. The minimum absolute atomic E-state index is 0.179. The number of ether oxygens (including phenoxy) is 1. The molecule has 0 aliphatic heterocycles. The van der Waals surface area contributed by atoms with Gasteiger partial charge < -0.3 is 10.5 Å². The molecule has 0 aliphatic carbocycles. The zero-order valence-electron chi connectivity index (χ0n) is 10.7. The normalized spacial score (nSPS) is 11.4. The van der Waals surface area contributed by atoms with Crippen molar-refractivity contribution in [2.75, 3.05) is 5.73 Å². The Bertz CT molecular complexity index is 594. The lowest BCUT2D eigenvalue weighted by Crippen LogP contribution is -2.07. The molecular formula is C14H13F3N2O. The third-order valence-electron chi connectivity index (χ3n) is 2.70. The topological polar surface area (TPSA) is 48.1 Å². The maximum atomic E-state index is 12.6. The number of hydrogen-bond donors (Lipinski definition) is 1. The van der Waals surface area contributed by atoms with Gasteiger partial charge in [0.1, 0.15) is 11.6 Å². The molecule has 6 heteroatoms. The summed E-state index contributed by atoms with van der Waals surface area (Å²) in [4.78, 5) is 3.74. The van der Waals surface area contributed by atoms with E-state index in [1.165, 1.54) is 0 Å². The molecule has 2 rings (SSSR count). The molecule has 0 spiro atoms. The number of pyridine rings is 1. The molecule has 2 aromatic rings. The minimum atomic E-state index is -4.48. The van der Waals surface area contributed by atoms with Crippen molar-refractivity contribution in [1.82, 2.24) is 4.98 Å². The number of anilines is 1. The highest BCUT2D eigenvalue weighted by Crippen LogP contribution is 2.33. The molecule has 0 aliphatic rings. The van der Waals surface area contributed by atoms with E-state index in [4.69, 9.17) is 10.5 Å². The Kier molecular flexibility index (Phi) is 3.83. The number of aromatic nitrogens is 1. The molecule has 1 aromatic heterocycles. The molecule has 0 saturated carbocycles. The van der Waals surface area contributed by atoms with Crippen LogP contribution in [0, 0.1) is 0 Å². The van der Waals surface area contributed by atoms with Gasteiger partial charge in [-0.2, -0.15) is 18.2 Å². The van der Waals surface area contributed by atoms with Crippen LogP contribution in [0.2, 0.25) is 0 Å². The van der Waals surface area contributed by atoms with Gasteiger partial charge >= 0.3 is 6.18 Å². The summed E-state index contributed by atoms with van der Waals surface area (Å²) in [6, 6.07) is 8.63. The lowest BCUT2D eigenvalue weighted by molar-refractivity contribution is -0.137. The largest absolute Gasteiger partial charge is 0.439 e. The molecule has 2 N–H and O–H groups in total. The van der Waals surface area contributed by atoms with Crippen LogP contribution in [0.15, 0.2) is 36.4 Å². The zero-order chi connectivity index (χ0) is 14.8. The van der Waals surface area contributed by atoms with E-state index in [0.29, 0.717) is 5.75 Å². The molecule has 0 radical (unpaired) electrons. The number of aryl methyl sites for hydroxylation is 1. The van der Waals surface area contributed by atoms with Crippen LogP contribution >= 0.6 is 0 Å². The van der Waals surface area contributed by atoms with Crippen molar-refractivity contribution >= 4 is 5.82 Å². The standard InChI is InChI=1S/C14H13F3N2O/c1-2-9-3-5-11(6-4-9)20-13-8-10(14(15,16)17)7-12(18)19-13/h3-8H,2H2,1H3,(H2,18,19). The van der Waals surface area contributed by atoms with E-state index in [2.05, 4.69) is 4.98 Å². The first-order chi connectivity index (χ1) is 9.38. The molecule has 1 aromatic carbocycles. The van der Waals surface area contributed by atoms with Gasteiger partial charge in [0, 0.05) is 6.07 Å². The fourth-order valence-corrected chi connectivity index (χ4v) is 1.66. The quantitative estimate of drug-likeness (QED) is 0.924. The highest BCUT2D eigenvalue weighted by atomic mass is 19.4. The predicted octanol–water partition coefficient (Wildman–Crippen LogP) is 4.04. The first-order valence-corrected chi connectivity index (χ1v) is 6.00. The molecule has 0 atom stereocenters. The monoisotopic (exact) mass is 282 g/mol. The van der Waals surface area contributed by atoms with E-state index < -0.39 is 11.7 Å². The summed E-state index contributed by atoms with van der Waals surface area (Å²) in [6.45, 7) is 2.00. The summed E-state index contributed by atoms with van der Waals surface area (Å²) in [7, 11) is 0. The van der Waals surface area contributed by atoms with E-state index in [0.717, 1.165) is 24.1 Å². The summed E-state index contributed by atoms with van der Waals surface area (Å²) in [6.07, 6.45) is -3.61. The Morgan fingerprint density at radius 2 is 1.80 bits per heavy atom. The van der Waals surface area contributed by atoms with Gasteiger partial charge in [-0.05, 0) is 30.2 Å². The number of rotatable bonds is 3. The second kappa shape index (κ2) is 5.40. The Morgan fingerprint density at radius 3 is 2.35 bits per heavy atom. The van der Waals surface area contributed by atoms with Crippen LogP contribution in [0.3, 0.4) is 0 Å². The highest BCUT2D eigenvalue weighted by molar-refractivity contribution is 5.40. The summed E-state index contributed by atoms with van der Waals surface area (Å²) >= 11 is 0. The zero-order valence-corrected chi connectivity index (χ0v) is 10.7. The van der Waals surface area contributed by atoms with Crippen molar-refractivity contribution in [2.24, 2.45) is 0 Å². The van der Waals surface area contributed by atoms with Crippen LogP contribution in [0.5, 0.6) is 11.6 Å². The van der Waals surface area contributed by atoms with E-state index in [1.54, 1.807) is 12.1 Å². The van der Waals surface area contributed by atoms with E-state index >= 15 is 0 Å². The molecular weight excluding hydrogens is 269 g/mol. The third kappa shape index (κ3) is 3.40. The Balaban J connectivity index is 2.26. The second-order valence-corrected chi connectivity index (χ2v) is 4.22. The smallest absolute Gasteiger partial charge is 0.416 e. The van der Waals surface area contributed by atoms with Crippen molar-refractivity contribution in [3.63, 3.8) is 0 Å². The number of alkyl halides is 3. The molecule has 106 valence electrons. The number of benzene rings is 1. The summed E-state index contributed by atoms with van der Waals surface area (Å²) in [5, 5.41) is 0. The molecule has 0 saturated heterocycles. The Morgan fingerprint density at radius 1 is 1.15 bits per heavy atom. The molecule has 1 heterocycles. The average Bonchev–Trinajstić information content (AvgIpc) is 2.38. The number of nitrogen functional groups attached to an aromatic ring is 1. The maximum Gasteiger partial charge on any atom is 0.416 e. The predicted molar refractivity (Wildman–Crippen MR) is 69.5 cm³/mol. The number of hydrogen-bond acceptors (Lipinski definition) is 3. The minimum Gasteiger partial charge on any atom is -0.439 e. The first-order valence-electron chi connectivity index (χ1n) is 6.00. The lowest BCUT2D eigenvalue weighted by Gasteiger charge is -2.10. The average molecular weight is 282 g/mol. The summed E-state index contributed by atoms with van der Waals surface area (Å²) < 4.78 is 43.2. The molecule has 0 amide bonds. The summed E-state index contributed by atoms with van der Waals surface area (Å²) in [5.41, 5.74) is 5.59. The van der Waals surface area contributed by atoms with Crippen molar-refractivity contribution in [2.45, 2.75) is 19.5 Å². The van der Waals surface area contributed by atoms with Crippen LogP contribution in [-0.2, 0) is 12.6 Å². The Hall–Kier alpha value is -2.24. The molecule has 0 unspecified atom stereocenters. The van der Waals surface area contributed by atoms with Gasteiger partial charge in [0.2, 0.25) is 5.88 Å². The van der Waals surface area contributed by atoms with Crippen LogP contribution in [0.1, 0.15) is 18.1 Å². The van der Waals surface area contributed by atoms with Gasteiger partial charge in [-0.3, -0.25) is 0 Å². The first kappa shape index (κ1) is 14.2. The van der Waals surface area contributed by atoms with Gasteiger partial charge in [-0.1, -0.05) is 19.1 Å².